The maximum Gasteiger partial charge on any atom is 0.175 e. The number of rotatable bonds is 2. The SMILES string of the molecule is C/C=C/c1ccc(S(C)(=O)=O)cc1. The Bertz CT molecular complexity index is 399. The third-order valence-electron chi connectivity index (χ3n) is 1.67. The van der Waals surface area contributed by atoms with Crippen molar-refractivity contribution in [2.24, 2.45) is 0 Å². The lowest BCUT2D eigenvalue weighted by Crippen LogP contribution is -1.95. The van der Waals surface area contributed by atoms with Gasteiger partial charge in [0.25, 0.3) is 0 Å². The van der Waals surface area contributed by atoms with E-state index in [4.69, 9.17) is 0 Å². The maximum atomic E-state index is 11.1. The number of sulfone groups is 1. The second-order valence-corrected chi connectivity index (χ2v) is 4.86. The molecule has 2 nitrogen and oxygen atoms in total. The summed E-state index contributed by atoms with van der Waals surface area (Å²) < 4.78 is 22.2. The summed E-state index contributed by atoms with van der Waals surface area (Å²) in [6.07, 6.45) is 5.04. The number of hydrogen-bond acceptors (Lipinski definition) is 2. The van der Waals surface area contributed by atoms with Crippen LogP contribution in [0.15, 0.2) is 35.2 Å². The first-order valence-corrected chi connectivity index (χ1v) is 5.86. The Kier molecular flexibility index (Phi) is 2.88. The van der Waals surface area contributed by atoms with E-state index in [1.54, 1.807) is 24.3 Å². The molecule has 3 heteroatoms. The van der Waals surface area contributed by atoms with E-state index in [1.807, 2.05) is 19.1 Å². The minimum atomic E-state index is -3.06. The van der Waals surface area contributed by atoms with E-state index >= 15 is 0 Å². The number of allylic oxidation sites excluding steroid dienone is 1. The van der Waals surface area contributed by atoms with Gasteiger partial charge in [-0.3, -0.25) is 0 Å². The lowest BCUT2D eigenvalue weighted by atomic mass is 10.2. The molecule has 0 heterocycles. The van der Waals surface area contributed by atoms with Gasteiger partial charge in [-0.05, 0) is 24.6 Å². The van der Waals surface area contributed by atoms with Gasteiger partial charge in [-0.2, -0.15) is 0 Å². The average molecular weight is 196 g/mol. The van der Waals surface area contributed by atoms with Crippen LogP contribution >= 0.6 is 0 Å². The van der Waals surface area contributed by atoms with E-state index < -0.39 is 9.84 Å². The average Bonchev–Trinajstić information content (AvgIpc) is 2.04. The molecule has 0 spiro atoms. The molecule has 1 aromatic carbocycles. The van der Waals surface area contributed by atoms with Gasteiger partial charge in [0.15, 0.2) is 9.84 Å². The monoisotopic (exact) mass is 196 g/mol. The summed E-state index contributed by atoms with van der Waals surface area (Å²) in [5, 5.41) is 0. The Morgan fingerprint density at radius 2 is 1.69 bits per heavy atom. The Labute approximate surface area is 78.8 Å². The molecular weight excluding hydrogens is 184 g/mol. The van der Waals surface area contributed by atoms with Gasteiger partial charge in [0, 0.05) is 6.26 Å². The zero-order chi connectivity index (χ0) is 9.90. The summed E-state index contributed by atoms with van der Waals surface area (Å²) in [5.74, 6) is 0. The van der Waals surface area contributed by atoms with Crippen molar-refractivity contribution in [3.05, 3.63) is 35.9 Å². The molecule has 1 rings (SSSR count). The summed E-state index contributed by atoms with van der Waals surface area (Å²) in [6.45, 7) is 1.92. The Balaban J connectivity index is 3.08. The molecular formula is C10H12O2S. The summed E-state index contributed by atoms with van der Waals surface area (Å²) in [4.78, 5) is 0.362. The molecule has 13 heavy (non-hydrogen) atoms. The normalized spacial score (nSPS) is 12.2. The highest BCUT2D eigenvalue weighted by molar-refractivity contribution is 7.90. The predicted molar refractivity (Wildman–Crippen MR) is 54.3 cm³/mol. The summed E-state index contributed by atoms with van der Waals surface area (Å²) in [7, 11) is -3.06. The molecule has 0 unspecified atom stereocenters. The van der Waals surface area contributed by atoms with E-state index in [9.17, 15) is 8.42 Å². The van der Waals surface area contributed by atoms with Crippen LogP contribution in [0.4, 0.5) is 0 Å². The number of benzene rings is 1. The smallest absolute Gasteiger partial charge is 0.175 e. The molecule has 0 bridgehead atoms. The first-order valence-electron chi connectivity index (χ1n) is 3.97. The van der Waals surface area contributed by atoms with Gasteiger partial charge < -0.3 is 0 Å². The van der Waals surface area contributed by atoms with E-state index in [-0.39, 0.29) is 0 Å². The molecule has 0 amide bonds. The van der Waals surface area contributed by atoms with Gasteiger partial charge >= 0.3 is 0 Å². The van der Waals surface area contributed by atoms with Crippen LogP contribution in [-0.2, 0) is 9.84 Å². The van der Waals surface area contributed by atoms with Crippen LogP contribution in [0.2, 0.25) is 0 Å². The van der Waals surface area contributed by atoms with Crippen LogP contribution in [0.25, 0.3) is 6.08 Å². The van der Waals surface area contributed by atoms with Gasteiger partial charge in [0.2, 0.25) is 0 Å². The molecule has 0 saturated heterocycles. The van der Waals surface area contributed by atoms with Crippen molar-refractivity contribution >= 4 is 15.9 Å². The van der Waals surface area contributed by atoms with Crippen LogP contribution < -0.4 is 0 Å². The molecule has 0 N–H and O–H groups in total. The van der Waals surface area contributed by atoms with Crippen molar-refractivity contribution in [2.45, 2.75) is 11.8 Å². The standard InChI is InChI=1S/C10H12O2S/c1-3-4-9-5-7-10(8-6-9)13(2,11)12/h3-8H,1-2H3/b4-3+. The third-order valence-corrected chi connectivity index (χ3v) is 2.80. The fourth-order valence-electron chi connectivity index (χ4n) is 1.02. The van der Waals surface area contributed by atoms with Gasteiger partial charge in [-0.1, -0.05) is 24.3 Å². The van der Waals surface area contributed by atoms with E-state index in [2.05, 4.69) is 0 Å². The molecule has 0 aliphatic carbocycles. The van der Waals surface area contributed by atoms with Crippen molar-refractivity contribution in [2.75, 3.05) is 6.26 Å². The molecule has 0 radical (unpaired) electrons. The van der Waals surface area contributed by atoms with Gasteiger partial charge in [0.1, 0.15) is 0 Å². The maximum absolute atomic E-state index is 11.1. The summed E-state index contributed by atoms with van der Waals surface area (Å²) in [6, 6.07) is 6.81. The highest BCUT2D eigenvalue weighted by Crippen LogP contribution is 2.10. The predicted octanol–water partition coefficient (Wildman–Crippen LogP) is 2.12. The molecule has 0 aliphatic rings. The second-order valence-electron chi connectivity index (χ2n) is 2.84. The topological polar surface area (TPSA) is 34.1 Å². The Morgan fingerprint density at radius 1 is 1.15 bits per heavy atom. The summed E-state index contributed by atoms with van der Waals surface area (Å²) >= 11 is 0. The van der Waals surface area contributed by atoms with E-state index in [0.717, 1.165) is 5.56 Å². The van der Waals surface area contributed by atoms with Gasteiger partial charge in [-0.25, -0.2) is 8.42 Å². The molecule has 0 atom stereocenters. The van der Waals surface area contributed by atoms with Gasteiger partial charge in [0.05, 0.1) is 4.90 Å². The fourth-order valence-corrected chi connectivity index (χ4v) is 1.65. The zero-order valence-electron chi connectivity index (χ0n) is 7.69. The fraction of sp³-hybridized carbons (Fsp3) is 0.200. The van der Waals surface area contributed by atoms with Crippen molar-refractivity contribution in [3.8, 4) is 0 Å². The van der Waals surface area contributed by atoms with Crippen LogP contribution in [0.1, 0.15) is 12.5 Å². The molecule has 1 aromatic rings. The Morgan fingerprint density at radius 3 is 2.08 bits per heavy atom. The molecule has 0 aliphatic heterocycles. The quantitative estimate of drug-likeness (QED) is 0.726. The second kappa shape index (κ2) is 3.75. The lowest BCUT2D eigenvalue weighted by molar-refractivity contribution is 0.602. The first-order chi connectivity index (χ1) is 6.04. The largest absolute Gasteiger partial charge is 0.224 e. The van der Waals surface area contributed by atoms with Crippen molar-refractivity contribution in [1.82, 2.24) is 0 Å². The van der Waals surface area contributed by atoms with E-state index in [1.165, 1.54) is 6.26 Å². The molecule has 0 aromatic heterocycles. The first kappa shape index (κ1) is 9.99. The van der Waals surface area contributed by atoms with Gasteiger partial charge in [-0.15, -0.1) is 0 Å². The van der Waals surface area contributed by atoms with Crippen LogP contribution in [0, 0.1) is 0 Å². The highest BCUT2D eigenvalue weighted by atomic mass is 32.2. The number of hydrogen-bond donors (Lipinski definition) is 0. The molecule has 70 valence electrons. The van der Waals surface area contributed by atoms with Crippen molar-refractivity contribution in [3.63, 3.8) is 0 Å². The van der Waals surface area contributed by atoms with Crippen LogP contribution in [0.5, 0.6) is 0 Å². The van der Waals surface area contributed by atoms with Crippen molar-refractivity contribution in [1.29, 1.82) is 0 Å². The molecule has 0 saturated carbocycles. The third kappa shape index (κ3) is 2.70. The minimum absolute atomic E-state index is 0.362. The highest BCUT2D eigenvalue weighted by Gasteiger charge is 2.04. The molecule has 0 fully saturated rings. The van der Waals surface area contributed by atoms with Crippen molar-refractivity contribution < 1.29 is 8.42 Å². The minimum Gasteiger partial charge on any atom is -0.224 e. The zero-order valence-corrected chi connectivity index (χ0v) is 8.51. The Hall–Kier alpha value is -1.09. The van der Waals surface area contributed by atoms with E-state index in [0.29, 0.717) is 4.90 Å². The van der Waals surface area contributed by atoms with Crippen LogP contribution in [0.3, 0.4) is 0 Å². The summed E-state index contributed by atoms with van der Waals surface area (Å²) in [5.41, 5.74) is 1.01. The lowest BCUT2D eigenvalue weighted by Gasteiger charge is -1.97. The van der Waals surface area contributed by atoms with Crippen LogP contribution in [-0.4, -0.2) is 14.7 Å².